The maximum absolute atomic E-state index is 12.5. The Labute approximate surface area is 154 Å². The molecule has 0 aliphatic rings. The first-order valence-electron chi connectivity index (χ1n) is 8.59. The van der Waals surface area contributed by atoms with Crippen LogP contribution in [0, 0.1) is 12.8 Å². The molecule has 0 saturated carbocycles. The number of benzene rings is 1. The van der Waals surface area contributed by atoms with Gasteiger partial charge in [0.05, 0.1) is 12.6 Å². The lowest BCUT2D eigenvalue weighted by Crippen LogP contribution is -2.42. The minimum atomic E-state index is -0.531. The molecule has 1 aromatic rings. The molecule has 0 aromatic heterocycles. The number of hydrogen-bond donors (Lipinski definition) is 3. The van der Waals surface area contributed by atoms with Crippen molar-refractivity contribution in [2.24, 2.45) is 5.92 Å². The number of ether oxygens (including phenoxy) is 2. The van der Waals surface area contributed by atoms with Gasteiger partial charge in [-0.2, -0.15) is 0 Å². The number of carbonyl (C=O) groups is 2. The molecule has 0 spiro atoms. The van der Waals surface area contributed by atoms with E-state index in [4.69, 9.17) is 14.7 Å². The van der Waals surface area contributed by atoms with E-state index in [1.165, 1.54) is 0 Å². The summed E-state index contributed by atoms with van der Waals surface area (Å²) in [5, 5.41) is 11.8. The van der Waals surface area contributed by atoms with Crippen molar-refractivity contribution in [1.82, 2.24) is 10.8 Å². The number of aryl methyl sites for hydroxylation is 1. The van der Waals surface area contributed by atoms with E-state index >= 15 is 0 Å². The van der Waals surface area contributed by atoms with E-state index in [0.717, 1.165) is 5.56 Å². The van der Waals surface area contributed by atoms with Gasteiger partial charge in [-0.1, -0.05) is 23.8 Å². The molecule has 0 fully saturated rings. The molecule has 0 saturated heterocycles. The highest BCUT2D eigenvalue weighted by Gasteiger charge is 2.23. The van der Waals surface area contributed by atoms with E-state index in [2.05, 4.69) is 11.9 Å². The predicted octanol–water partition coefficient (Wildman–Crippen LogP) is 2.19. The van der Waals surface area contributed by atoms with Crippen LogP contribution in [0.2, 0.25) is 0 Å². The summed E-state index contributed by atoms with van der Waals surface area (Å²) in [6, 6.07) is 6.77. The molecule has 0 unspecified atom stereocenters. The molecule has 7 heteroatoms. The Morgan fingerprint density at radius 1 is 1.27 bits per heavy atom. The summed E-state index contributed by atoms with van der Waals surface area (Å²) in [5.41, 5.74) is 3.24. The summed E-state index contributed by atoms with van der Waals surface area (Å²) in [7, 11) is 0. The predicted molar refractivity (Wildman–Crippen MR) is 97.7 cm³/mol. The van der Waals surface area contributed by atoms with Crippen molar-refractivity contribution in [1.29, 1.82) is 0 Å². The number of nitrogens with one attached hydrogen (secondary N) is 2. The second-order valence-corrected chi connectivity index (χ2v) is 5.95. The van der Waals surface area contributed by atoms with Gasteiger partial charge in [0, 0.05) is 18.1 Å². The number of hydroxylamine groups is 1. The van der Waals surface area contributed by atoms with E-state index in [1.54, 1.807) is 23.7 Å². The Hall–Kier alpha value is -2.22. The number of hydrogen-bond acceptors (Lipinski definition) is 5. The summed E-state index contributed by atoms with van der Waals surface area (Å²) in [6.45, 7) is 8.23. The zero-order chi connectivity index (χ0) is 19.4. The third-order valence-corrected chi connectivity index (χ3v) is 3.84. The van der Waals surface area contributed by atoms with Gasteiger partial charge in [-0.05, 0) is 38.8 Å². The van der Waals surface area contributed by atoms with E-state index in [9.17, 15) is 9.59 Å². The lowest BCUT2D eigenvalue weighted by Gasteiger charge is -2.23. The minimum absolute atomic E-state index is 0.103. The smallest absolute Gasteiger partial charge is 0.251 e. The quantitative estimate of drug-likeness (QED) is 0.174. The van der Waals surface area contributed by atoms with Gasteiger partial charge in [0.1, 0.15) is 6.79 Å². The lowest BCUT2D eigenvalue weighted by atomic mass is 9.95. The second kappa shape index (κ2) is 12.2. The van der Waals surface area contributed by atoms with Crippen molar-refractivity contribution in [3.8, 4) is 0 Å². The first-order chi connectivity index (χ1) is 12.5. The summed E-state index contributed by atoms with van der Waals surface area (Å²) >= 11 is 0. The standard InChI is InChI=1S/C19H28N2O5/c1-4-6-16(19(23)21-24)11-17(12-26-13-25-5-2)20-18(22)15-9-7-14(3)8-10-15/h4,7-10,16-17,24H,1,5-6,11-13H2,2-3H3,(H,20,22)(H,21,23)/t16-,17-/m0/s1. The molecular formula is C19H28N2O5. The van der Waals surface area contributed by atoms with Crippen LogP contribution in [-0.2, 0) is 14.3 Å². The number of amides is 2. The highest BCUT2D eigenvalue weighted by molar-refractivity contribution is 5.94. The summed E-state index contributed by atoms with van der Waals surface area (Å²) in [6.07, 6.45) is 2.26. The second-order valence-electron chi connectivity index (χ2n) is 5.95. The van der Waals surface area contributed by atoms with Crippen LogP contribution in [0.4, 0.5) is 0 Å². The number of rotatable bonds is 12. The zero-order valence-electron chi connectivity index (χ0n) is 15.4. The molecule has 0 radical (unpaired) electrons. The first kappa shape index (κ1) is 21.8. The molecule has 2 atom stereocenters. The summed E-state index contributed by atoms with van der Waals surface area (Å²) < 4.78 is 10.6. The highest BCUT2D eigenvalue weighted by atomic mass is 16.7. The molecule has 3 N–H and O–H groups in total. The van der Waals surface area contributed by atoms with E-state index in [-0.39, 0.29) is 19.3 Å². The number of carbonyl (C=O) groups excluding carboxylic acids is 2. The number of allylic oxidation sites excluding steroid dienone is 1. The van der Waals surface area contributed by atoms with Crippen molar-refractivity contribution >= 4 is 11.8 Å². The molecule has 1 rings (SSSR count). The normalized spacial score (nSPS) is 12.9. The highest BCUT2D eigenvalue weighted by Crippen LogP contribution is 2.14. The Morgan fingerprint density at radius 3 is 2.54 bits per heavy atom. The molecule has 0 aliphatic carbocycles. The van der Waals surface area contributed by atoms with Gasteiger partial charge < -0.3 is 14.8 Å². The van der Waals surface area contributed by atoms with Gasteiger partial charge in [-0.3, -0.25) is 14.8 Å². The molecule has 0 heterocycles. The van der Waals surface area contributed by atoms with Gasteiger partial charge in [0.25, 0.3) is 5.91 Å². The molecular weight excluding hydrogens is 336 g/mol. The molecule has 1 aromatic carbocycles. The third kappa shape index (κ3) is 7.77. The van der Waals surface area contributed by atoms with Crippen molar-refractivity contribution in [3.05, 3.63) is 48.0 Å². The van der Waals surface area contributed by atoms with Crippen LogP contribution in [0.1, 0.15) is 35.7 Å². The van der Waals surface area contributed by atoms with E-state index in [0.29, 0.717) is 25.0 Å². The van der Waals surface area contributed by atoms with Crippen LogP contribution in [0.15, 0.2) is 36.9 Å². The van der Waals surface area contributed by atoms with Gasteiger partial charge in [0.2, 0.25) is 5.91 Å². The molecule has 0 aliphatic heterocycles. The Balaban J connectivity index is 2.78. The van der Waals surface area contributed by atoms with Crippen LogP contribution in [0.3, 0.4) is 0 Å². The van der Waals surface area contributed by atoms with Crippen molar-refractivity contribution in [2.75, 3.05) is 20.0 Å². The van der Waals surface area contributed by atoms with Gasteiger partial charge >= 0.3 is 0 Å². The largest absolute Gasteiger partial charge is 0.356 e. The fourth-order valence-corrected chi connectivity index (χ4v) is 2.42. The molecule has 2 amide bonds. The van der Waals surface area contributed by atoms with Crippen molar-refractivity contribution in [2.45, 2.75) is 32.7 Å². The van der Waals surface area contributed by atoms with Gasteiger partial charge in [-0.25, -0.2) is 5.48 Å². The summed E-state index contributed by atoms with van der Waals surface area (Å²) in [5.74, 6) is -1.31. The monoisotopic (exact) mass is 364 g/mol. The Kier molecular flexibility index (Phi) is 10.2. The van der Waals surface area contributed by atoms with Crippen molar-refractivity contribution in [3.63, 3.8) is 0 Å². The lowest BCUT2D eigenvalue weighted by molar-refractivity contribution is -0.134. The van der Waals surface area contributed by atoms with Gasteiger partial charge in [-0.15, -0.1) is 6.58 Å². The summed E-state index contributed by atoms with van der Waals surface area (Å²) in [4.78, 5) is 24.3. The van der Waals surface area contributed by atoms with Crippen LogP contribution >= 0.6 is 0 Å². The molecule has 7 nitrogen and oxygen atoms in total. The van der Waals surface area contributed by atoms with Crippen LogP contribution in [0.25, 0.3) is 0 Å². The maximum atomic E-state index is 12.5. The Bertz CT molecular complexity index is 574. The van der Waals surface area contributed by atoms with Crippen LogP contribution in [-0.4, -0.2) is 43.1 Å². The van der Waals surface area contributed by atoms with Crippen LogP contribution in [0.5, 0.6) is 0 Å². The first-order valence-corrected chi connectivity index (χ1v) is 8.59. The average molecular weight is 364 g/mol. The van der Waals surface area contributed by atoms with E-state index < -0.39 is 17.9 Å². The molecule has 0 bridgehead atoms. The van der Waals surface area contributed by atoms with E-state index in [1.807, 2.05) is 26.0 Å². The minimum Gasteiger partial charge on any atom is -0.356 e. The Morgan fingerprint density at radius 2 is 1.96 bits per heavy atom. The average Bonchev–Trinajstić information content (AvgIpc) is 2.64. The zero-order valence-corrected chi connectivity index (χ0v) is 15.4. The SMILES string of the molecule is C=CC[C@@H](C[C@@H](COCOCC)NC(=O)c1ccc(C)cc1)C(=O)NO. The van der Waals surface area contributed by atoms with Crippen molar-refractivity contribution < 1.29 is 24.3 Å². The molecule has 26 heavy (non-hydrogen) atoms. The molecule has 144 valence electrons. The fraction of sp³-hybridized carbons (Fsp3) is 0.474. The third-order valence-electron chi connectivity index (χ3n) is 3.84. The topological polar surface area (TPSA) is 96.9 Å². The maximum Gasteiger partial charge on any atom is 0.251 e. The van der Waals surface area contributed by atoms with Crippen LogP contribution < -0.4 is 10.8 Å². The van der Waals surface area contributed by atoms with Gasteiger partial charge in [0.15, 0.2) is 0 Å². The fourth-order valence-electron chi connectivity index (χ4n) is 2.42.